The minimum absolute atomic E-state index is 0.194. The first-order valence-corrected chi connectivity index (χ1v) is 11.7. The summed E-state index contributed by atoms with van der Waals surface area (Å²) in [5.74, 6) is 0.317. The summed E-state index contributed by atoms with van der Waals surface area (Å²) in [5.41, 5.74) is 3.60. The maximum absolute atomic E-state index is 12.9. The number of hydrogen-bond donors (Lipinski definition) is 1. The van der Waals surface area contributed by atoms with E-state index in [0.29, 0.717) is 17.9 Å². The predicted octanol–water partition coefficient (Wildman–Crippen LogP) is 4.00. The molecule has 0 bridgehead atoms. The summed E-state index contributed by atoms with van der Waals surface area (Å²) in [4.78, 5) is 12.9. The maximum Gasteiger partial charge on any atom is 0.265 e. The summed E-state index contributed by atoms with van der Waals surface area (Å²) in [5, 5.41) is 3.05. The zero-order chi connectivity index (χ0) is 21.6. The molecule has 158 valence electrons. The third-order valence-electron chi connectivity index (χ3n) is 4.89. The van der Waals surface area contributed by atoms with E-state index in [4.69, 9.17) is 4.74 Å². The number of anilines is 2. The molecule has 0 heterocycles. The van der Waals surface area contributed by atoms with Crippen molar-refractivity contribution < 1.29 is 17.9 Å². The minimum Gasteiger partial charge on any atom is -0.481 e. The Kier molecular flexibility index (Phi) is 7.67. The lowest BCUT2D eigenvalue weighted by atomic mass is 10.0. The third kappa shape index (κ3) is 5.73. The second kappa shape index (κ2) is 9.78. The number of amides is 1. The number of carbonyl (C=O) groups is 1. The van der Waals surface area contributed by atoms with Gasteiger partial charge in [-0.25, -0.2) is 8.42 Å². The van der Waals surface area contributed by atoms with Gasteiger partial charge in [-0.05, 0) is 54.7 Å². The Labute approximate surface area is 173 Å². The van der Waals surface area contributed by atoms with E-state index < -0.39 is 16.1 Å². The molecule has 0 unspecified atom stereocenters. The van der Waals surface area contributed by atoms with E-state index in [1.807, 2.05) is 25.1 Å². The molecule has 0 saturated carbocycles. The van der Waals surface area contributed by atoms with Gasteiger partial charge in [0.25, 0.3) is 5.91 Å². The lowest BCUT2D eigenvalue weighted by Gasteiger charge is -2.21. The number of aryl methyl sites for hydroxylation is 2. The topological polar surface area (TPSA) is 75.7 Å². The number of nitrogens with zero attached hydrogens (tertiary/aromatic N) is 1. The lowest BCUT2D eigenvalue weighted by molar-refractivity contribution is -0.122. The maximum atomic E-state index is 12.9. The summed E-state index contributed by atoms with van der Waals surface area (Å²) >= 11 is 0. The quantitative estimate of drug-likeness (QED) is 0.668. The van der Waals surface area contributed by atoms with E-state index in [9.17, 15) is 13.2 Å². The molecule has 29 heavy (non-hydrogen) atoms. The summed E-state index contributed by atoms with van der Waals surface area (Å²) in [7, 11) is -1.84. The molecule has 2 aromatic rings. The van der Waals surface area contributed by atoms with Crippen LogP contribution in [0.3, 0.4) is 0 Å². The van der Waals surface area contributed by atoms with Crippen LogP contribution in [0.25, 0.3) is 0 Å². The van der Waals surface area contributed by atoms with Gasteiger partial charge in [0.2, 0.25) is 10.0 Å². The molecule has 0 aliphatic heterocycles. The first-order valence-electron chi connectivity index (χ1n) is 9.83. The van der Waals surface area contributed by atoms with Crippen LogP contribution in [0.5, 0.6) is 5.75 Å². The van der Waals surface area contributed by atoms with Gasteiger partial charge >= 0.3 is 0 Å². The van der Waals surface area contributed by atoms with Crippen LogP contribution >= 0.6 is 0 Å². The molecule has 2 aromatic carbocycles. The van der Waals surface area contributed by atoms with Gasteiger partial charge in [-0.1, -0.05) is 39.0 Å². The monoisotopic (exact) mass is 418 g/mol. The van der Waals surface area contributed by atoms with Crippen LogP contribution in [0.2, 0.25) is 0 Å². The molecule has 2 rings (SSSR count). The van der Waals surface area contributed by atoms with Crippen LogP contribution < -0.4 is 14.4 Å². The standard InChI is InChI=1S/C22H30N2O4S/c1-6-16-10-9-11-17(7-2)21(16)23-22(25)20(8-3)28-19-14-12-18(13-15-19)24(4)29(5,26)27/h9-15,20H,6-8H2,1-5H3,(H,23,25)/t20-/m1/s1. The summed E-state index contributed by atoms with van der Waals surface area (Å²) in [6.45, 7) is 6.02. The van der Waals surface area contributed by atoms with Crippen LogP contribution in [0.15, 0.2) is 42.5 Å². The Hall–Kier alpha value is -2.54. The van der Waals surface area contributed by atoms with Crippen molar-refractivity contribution in [3.8, 4) is 5.75 Å². The zero-order valence-electron chi connectivity index (χ0n) is 17.7. The van der Waals surface area contributed by atoms with Gasteiger partial charge in [0.05, 0.1) is 11.9 Å². The number of benzene rings is 2. The van der Waals surface area contributed by atoms with Crippen molar-refractivity contribution in [3.63, 3.8) is 0 Å². The second-order valence-corrected chi connectivity index (χ2v) is 8.90. The summed E-state index contributed by atoms with van der Waals surface area (Å²) in [6, 6.07) is 12.7. The van der Waals surface area contributed by atoms with Gasteiger partial charge in [-0.15, -0.1) is 0 Å². The number of ether oxygens (including phenoxy) is 1. The highest BCUT2D eigenvalue weighted by Crippen LogP contribution is 2.25. The van der Waals surface area contributed by atoms with E-state index in [-0.39, 0.29) is 5.91 Å². The number of para-hydroxylation sites is 1. The second-order valence-electron chi connectivity index (χ2n) is 6.89. The van der Waals surface area contributed by atoms with E-state index >= 15 is 0 Å². The van der Waals surface area contributed by atoms with Crippen LogP contribution in [0.1, 0.15) is 38.3 Å². The van der Waals surface area contributed by atoms with Crippen LogP contribution in [0.4, 0.5) is 11.4 Å². The fraction of sp³-hybridized carbons (Fsp3) is 0.409. The molecule has 0 aromatic heterocycles. The Balaban J connectivity index is 2.15. The molecule has 0 fully saturated rings. The number of rotatable bonds is 9. The normalized spacial score (nSPS) is 12.3. The van der Waals surface area contributed by atoms with E-state index in [1.165, 1.54) is 11.4 Å². The third-order valence-corrected chi connectivity index (χ3v) is 6.09. The fourth-order valence-electron chi connectivity index (χ4n) is 3.02. The molecular weight excluding hydrogens is 388 g/mol. The molecular formula is C22H30N2O4S. The van der Waals surface area contributed by atoms with Gasteiger partial charge in [0, 0.05) is 12.7 Å². The number of sulfonamides is 1. The van der Waals surface area contributed by atoms with Crippen LogP contribution in [-0.4, -0.2) is 33.7 Å². The number of carbonyl (C=O) groups excluding carboxylic acids is 1. The first kappa shape index (κ1) is 22.7. The minimum atomic E-state index is -3.33. The summed E-state index contributed by atoms with van der Waals surface area (Å²) < 4.78 is 30.4. The lowest BCUT2D eigenvalue weighted by Crippen LogP contribution is -2.33. The average molecular weight is 419 g/mol. The SMILES string of the molecule is CCc1cccc(CC)c1NC(=O)[C@@H](CC)Oc1ccc(N(C)S(C)(=O)=O)cc1. The Morgan fingerprint density at radius 1 is 1.03 bits per heavy atom. The van der Waals surface area contributed by atoms with Crippen LogP contribution in [-0.2, 0) is 27.7 Å². The molecule has 1 N–H and O–H groups in total. The molecule has 1 atom stereocenters. The predicted molar refractivity (Wildman–Crippen MR) is 118 cm³/mol. The van der Waals surface area contributed by atoms with Gasteiger partial charge in [0.1, 0.15) is 5.75 Å². The van der Waals surface area contributed by atoms with E-state index in [0.717, 1.165) is 35.9 Å². The molecule has 0 spiro atoms. The zero-order valence-corrected chi connectivity index (χ0v) is 18.5. The van der Waals surface area contributed by atoms with Crippen molar-refractivity contribution in [2.45, 2.75) is 46.1 Å². The molecule has 1 amide bonds. The highest BCUT2D eigenvalue weighted by atomic mass is 32.2. The summed E-state index contributed by atoms with van der Waals surface area (Å²) in [6.07, 6.45) is 2.66. The largest absolute Gasteiger partial charge is 0.481 e. The highest BCUT2D eigenvalue weighted by molar-refractivity contribution is 7.92. The fourth-order valence-corrected chi connectivity index (χ4v) is 3.52. The Morgan fingerprint density at radius 3 is 2.03 bits per heavy atom. The molecule has 0 saturated heterocycles. The van der Waals surface area contributed by atoms with Crippen molar-refractivity contribution in [2.75, 3.05) is 22.9 Å². The molecule has 0 radical (unpaired) electrons. The van der Waals surface area contributed by atoms with Crippen LogP contribution in [0, 0.1) is 0 Å². The van der Waals surface area contributed by atoms with Gasteiger partial charge < -0.3 is 10.1 Å². The smallest absolute Gasteiger partial charge is 0.265 e. The average Bonchev–Trinajstić information content (AvgIpc) is 2.71. The van der Waals surface area contributed by atoms with Gasteiger partial charge in [-0.2, -0.15) is 0 Å². The van der Waals surface area contributed by atoms with Gasteiger partial charge in [-0.3, -0.25) is 9.10 Å². The van der Waals surface area contributed by atoms with Gasteiger partial charge in [0.15, 0.2) is 6.10 Å². The van der Waals surface area contributed by atoms with Crippen molar-refractivity contribution in [1.29, 1.82) is 0 Å². The number of nitrogens with one attached hydrogen (secondary N) is 1. The first-order chi connectivity index (χ1) is 13.7. The molecule has 7 heteroatoms. The number of hydrogen-bond acceptors (Lipinski definition) is 4. The van der Waals surface area contributed by atoms with E-state index in [2.05, 4.69) is 19.2 Å². The van der Waals surface area contributed by atoms with E-state index in [1.54, 1.807) is 24.3 Å². The highest BCUT2D eigenvalue weighted by Gasteiger charge is 2.21. The molecule has 6 nitrogen and oxygen atoms in total. The molecule has 0 aliphatic rings. The Bertz CT molecular complexity index is 918. The molecule has 0 aliphatic carbocycles. The Morgan fingerprint density at radius 2 is 1.59 bits per heavy atom. The van der Waals surface area contributed by atoms with Crippen molar-refractivity contribution >= 4 is 27.3 Å². The van der Waals surface area contributed by atoms with Crippen molar-refractivity contribution in [1.82, 2.24) is 0 Å². The van der Waals surface area contributed by atoms with Crippen molar-refractivity contribution in [3.05, 3.63) is 53.6 Å². The van der Waals surface area contributed by atoms with Crippen molar-refractivity contribution in [2.24, 2.45) is 0 Å².